The van der Waals surface area contributed by atoms with Crippen LogP contribution in [0, 0.1) is 27.7 Å². The number of aliphatic hydroxyl groups excluding tert-OH is 1. The molecule has 1 N–H and O–H groups in total. The molecule has 2 aromatic rings. The summed E-state index contributed by atoms with van der Waals surface area (Å²) in [5, 5.41) is 10.7. The molecule has 4 heteroatoms. The lowest BCUT2D eigenvalue weighted by Gasteiger charge is -2.21. The number of fused-ring (bicyclic) bond motifs is 2. The monoisotopic (exact) mass is 351 g/mol. The molecule has 0 aromatic heterocycles. The number of carbonyl (C=O) groups is 1. The van der Waals surface area contributed by atoms with Gasteiger partial charge in [-0.15, -0.1) is 0 Å². The zero-order valence-corrected chi connectivity index (χ0v) is 15.9. The van der Waals surface area contributed by atoms with Crippen LogP contribution in [-0.2, 0) is 0 Å². The first-order valence-electron chi connectivity index (χ1n) is 8.99. The highest BCUT2D eigenvalue weighted by molar-refractivity contribution is 5.98. The van der Waals surface area contributed by atoms with E-state index >= 15 is 0 Å². The third-order valence-corrected chi connectivity index (χ3v) is 5.31. The first-order chi connectivity index (χ1) is 12.4. The molecule has 136 valence electrons. The Balaban J connectivity index is 2.09. The lowest BCUT2D eigenvalue weighted by molar-refractivity contribution is 0.0976. The maximum absolute atomic E-state index is 12.5. The summed E-state index contributed by atoms with van der Waals surface area (Å²) in [6.07, 6.45) is 1.75. The van der Waals surface area contributed by atoms with Crippen LogP contribution in [0.4, 0.5) is 5.69 Å². The Morgan fingerprint density at radius 3 is 2.46 bits per heavy atom. The summed E-state index contributed by atoms with van der Waals surface area (Å²) in [6, 6.07) is 3.69. The van der Waals surface area contributed by atoms with E-state index in [-0.39, 0.29) is 12.4 Å². The molecule has 0 fully saturated rings. The van der Waals surface area contributed by atoms with E-state index in [9.17, 15) is 4.79 Å². The van der Waals surface area contributed by atoms with Crippen molar-refractivity contribution in [2.24, 2.45) is 4.99 Å². The van der Waals surface area contributed by atoms with Crippen molar-refractivity contribution in [3.63, 3.8) is 0 Å². The average molecular weight is 351 g/mol. The molecule has 1 heterocycles. The van der Waals surface area contributed by atoms with Gasteiger partial charge in [0.2, 0.25) is 0 Å². The van der Waals surface area contributed by atoms with Crippen LogP contribution < -0.4 is 15.3 Å². The number of benzene rings is 2. The Labute approximate surface area is 153 Å². The molecule has 3 rings (SSSR count). The molecule has 0 aliphatic carbocycles. The Morgan fingerprint density at radius 2 is 1.77 bits per heavy atom. The molecule has 4 nitrogen and oxygen atoms in total. The normalized spacial score (nSPS) is 12.0. The molecule has 0 amide bonds. The number of ether oxygens (including phenoxy) is 1. The minimum Gasteiger partial charge on any atom is -0.452 e. The smallest absolute Gasteiger partial charge is 0.163 e. The molecule has 0 atom stereocenters. The SMILES string of the molecule is C=c1c(C)c(C)c2c(c1C)Oc1c(ccc(C(=O)CCCCO)c1C)N=2. The number of nitrogens with zero attached hydrogens (tertiary/aromatic N) is 1. The molecule has 1 aliphatic rings. The van der Waals surface area contributed by atoms with Crippen LogP contribution >= 0.6 is 0 Å². The number of carbonyl (C=O) groups excluding carboxylic acids is 1. The van der Waals surface area contributed by atoms with E-state index in [2.05, 4.69) is 13.5 Å². The number of aliphatic hydroxyl groups is 1. The van der Waals surface area contributed by atoms with Crippen LogP contribution in [-0.4, -0.2) is 17.5 Å². The van der Waals surface area contributed by atoms with Crippen molar-refractivity contribution >= 4 is 18.0 Å². The highest BCUT2D eigenvalue weighted by atomic mass is 16.5. The zero-order valence-electron chi connectivity index (χ0n) is 15.9. The van der Waals surface area contributed by atoms with Crippen molar-refractivity contribution < 1.29 is 14.6 Å². The van der Waals surface area contributed by atoms with Crippen LogP contribution in [0.15, 0.2) is 17.1 Å². The van der Waals surface area contributed by atoms with Crippen LogP contribution in [0.3, 0.4) is 0 Å². The number of hydrogen-bond acceptors (Lipinski definition) is 4. The molecule has 0 saturated carbocycles. The van der Waals surface area contributed by atoms with Gasteiger partial charge in [0.25, 0.3) is 0 Å². The summed E-state index contributed by atoms with van der Waals surface area (Å²) >= 11 is 0. The molecular weight excluding hydrogens is 326 g/mol. The maximum Gasteiger partial charge on any atom is 0.163 e. The first kappa shape index (κ1) is 18.3. The van der Waals surface area contributed by atoms with Crippen LogP contribution in [0.2, 0.25) is 0 Å². The van der Waals surface area contributed by atoms with Crippen molar-refractivity contribution in [3.8, 4) is 11.5 Å². The summed E-state index contributed by atoms with van der Waals surface area (Å²) in [4.78, 5) is 17.3. The fraction of sp³-hybridized carbons (Fsp3) is 0.364. The minimum atomic E-state index is 0.0720. The fourth-order valence-electron chi connectivity index (χ4n) is 3.38. The summed E-state index contributed by atoms with van der Waals surface area (Å²) in [7, 11) is 0. The fourth-order valence-corrected chi connectivity index (χ4v) is 3.38. The van der Waals surface area contributed by atoms with E-state index in [1.165, 1.54) is 0 Å². The quantitative estimate of drug-likeness (QED) is 0.563. The lowest BCUT2D eigenvalue weighted by Crippen LogP contribution is -2.24. The van der Waals surface area contributed by atoms with Gasteiger partial charge in [-0.25, -0.2) is 4.99 Å². The minimum absolute atomic E-state index is 0.0720. The molecule has 0 bridgehead atoms. The summed E-state index contributed by atoms with van der Waals surface area (Å²) in [6.45, 7) is 12.3. The van der Waals surface area contributed by atoms with Gasteiger partial charge < -0.3 is 9.84 Å². The topological polar surface area (TPSA) is 58.9 Å². The highest BCUT2D eigenvalue weighted by Crippen LogP contribution is 2.39. The second-order valence-corrected chi connectivity index (χ2v) is 6.94. The number of Topliss-reactive ketones (excluding diaryl/α,β-unsaturated/α-hetero) is 1. The van der Waals surface area contributed by atoms with Gasteiger partial charge in [0.1, 0.15) is 11.0 Å². The predicted molar refractivity (Wildman–Crippen MR) is 103 cm³/mol. The standard InChI is InChI=1S/C22H25NO3/c1-12-13(2)15(4)22-20(14(12)3)23-18-10-9-17(16(5)21(18)26-22)19(25)8-6-7-11-24/h9-10,24H,2,6-8,11H2,1,3-5H3. The van der Waals surface area contributed by atoms with E-state index in [0.29, 0.717) is 30.6 Å². The molecule has 1 aliphatic heterocycles. The Kier molecular flexibility index (Phi) is 4.97. The molecule has 26 heavy (non-hydrogen) atoms. The number of rotatable bonds is 5. The molecular formula is C22H25NO3. The van der Waals surface area contributed by atoms with E-state index < -0.39 is 0 Å². The van der Waals surface area contributed by atoms with E-state index in [4.69, 9.17) is 14.8 Å². The van der Waals surface area contributed by atoms with Crippen molar-refractivity contribution in [1.82, 2.24) is 0 Å². The first-order valence-corrected chi connectivity index (χ1v) is 8.99. The Bertz CT molecular complexity index is 1010. The number of unbranched alkanes of at least 4 members (excludes halogenated alkanes) is 1. The van der Waals surface area contributed by atoms with Crippen molar-refractivity contribution in [2.75, 3.05) is 6.61 Å². The van der Waals surface area contributed by atoms with Crippen molar-refractivity contribution in [3.05, 3.63) is 50.5 Å². The zero-order chi connectivity index (χ0) is 19.0. The van der Waals surface area contributed by atoms with Crippen molar-refractivity contribution in [2.45, 2.75) is 47.0 Å². The Morgan fingerprint density at radius 1 is 1.04 bits per heavy atom. The number of ketones is 1. The highest BCUT2D eigenvalue weighted by Gasteiger charge is 2.22. The summed E-state index contributed by atoms with van der Waals surface area (Å²) < 4.78 is 6.25. The van der Waals surface area contributed by atoms with Gasteiger partial charge in [-0.3, -0.25) is 4.79 Å². The molecule has 2 aromatic carbocycles. The molecule has 0 saturated heterocycles. The number of hydrogen-bond donors (Lipinski definition) is 1. The van der Waals surface area contributed by atoms with Gasteiger partial charge in [-0.2, -0.15) is 0 Å². The molecule has 0 spiro atoms. The van der Waals surface area contributed by atoms with Gasteiger partial charge in [-0.05, 0) is 69.0 Å². The second kappa shape index (κ2) is 7.04. The lowest BCUT2D eigenvalue weighted by atomic mass is 9.97. The van der Waals surface area contributed by atoms with Crippen LogP contribution in [0.1, 0.15) is 51.9 Å². The Hall–Kier alpha value is -2.46. The summed E-state index contributed by atoms with van der Waals surface area (Å²) in [5.74, 6) is 1.46. The van der Waals surface area contributed by atoms with E-state index in [1.54, 1.807) is 0 Å². The second-order valence-electron chi connectivity index (χ2n) is 6.94. The third kappa shape index (κ3) is 2.95. The molecule has 0 radical (unpaired) electrons. The van der Waals surface area contributed by atoms with E-state index in [0.717, 1.165) is 44.3 Å². The average Bonchev–Trinajstić information content (AvgIpc) is 2.64. The summed E-state index contributed by atoms with van der Waals surface area (Å²) in [5.41, 5.74) is 5.41. The van der Waals surface area contributed by atoms with Crippen LogP contribution in [0.5, 0.6) is 11.5 Å². The maximum atomic E-state index is 12.5. The van der Waals surface area contributed by atoms with Crippen LogP contribution in [0.25, 0.3) is 6.58 Å². The van der Waals surface area contributed by atoms with E-state index in [1.807, 2.05) is 32.9 Å². The predicted octanol–water partition coefficient (Wildman–Crippen LogP) is 3.73. The van der Waals surface area contributed by atoms with Gasteiger partial charge >= 0.3 is 0 Å². The van der Waals surface area contributed by atoms with Gasteiger partial charge in [-0.1, -0.05) is 6.58 Å². The molecule has 0 unspecified atom stereocenters. The third-order valence-electron chi connectivity index (χ3n) is 5.31. The largest absolute Gasteiger partial charge is 0.452 e. The van der Waals surface area contributed by atoms with Gasteiger partial charge in [0.15, 0.2) is 17.3 Å². The van der Waals surface area contributed by atoms with Gasteiger partial charge in [0, 0.05) is 29.7 Å². The van der Waals surface area contributed by atoms with Gasteiger partial charge in [0.05, 0.1) is 0 Å². The van der Waals surface area contributed by atoms with Crippen molar-refractivity contribution in [1.29, 1.82) is 0 Å².